The molecule has 96 heavy (non-hydrogen) atoms. The van der Waals surface area contributed by atoms with Gasteiger partial charge in [-0.3, -0.25) is 48.2 Å². The van der Waals surface area contributed by atoms with Gasteiger partial charge in [0, 0.05) is 78.1 Å². The standard InChI is InChI=1S/C84H82N4O8/c1-9-13-17-21-25-49(26-22-18-14-10-2)85-77(89)59-37-29-51-55-33-41-63-73-64(42-34-56(69(55)73)52-30-38-60(78(85)90)71(59)67(51)52)82(94)87(81(63)93)75-45(5)47(7)76(48(8)46(75)6)88-83(95)65-43-35-57-53-31-39-61-72-62(40-32-54(68(53)72)58-36-44-66(84(88)96)74(65)70(57)58)80(92)86(79(61)91)50(27-23-19-15-11-3)28-24-20-16-12-4/h29-44,49-50H,9-28H2,1-8H3. The van der Waals surface area contributed by atoms with E-state index >= 15 is 19.2 Å². The molecule has 4 heterocycles. The highest BCUT2D eigenvalue weighted by molar-refractivity contribution is 6.46. The van der Waals surface area contributed by atoms with Crippen LogP contribution in [0.5, 0.6) is 0 Å². The van der Waals surface area contributed by atoms with Gasteiger partial charge in [0.25, 0.3) is 47.3 Å². The van der Waals surface area contributed by atoms with Crippen LogP contribution in [0.1, 0.15) is 261 Å². The molecule has 8 amide bonds. The van der Waals surface area contributed by atoms with E-state index in [9.17, 15) is 19.2 Å². The summed E-state index contributed by atoms with van der Waals surface area (Å²) in [4.78, 5) is 127. The number of imide groups is 4. The van der Waals surface area contributed by atoms with E-state index in [2.05, 4.69) is 27.7 Å². The van der Waals surface area contributed by atoms with Gasteiger partial charge in [0.15, 0.2) is 0 Å². The molecule has 0 aromatic heterocycles. The van der Waals surface area contributed by atoms with Crippen molar-refractivity contribution in [2.45, 2.75) is 196 Å². The monoisotopic (exact) mass is 1270 g/mol. The normalized spacial score (nSPS) is 14.9. The van der Waals surface area contributed by atoms with Crippen LogP contribution in [0.4, 0.5) is 11.4 Å². The second kappa shape index (κ2) is 24.3. The Labute approximate surface area is 559 Å². The molecule has 0 bridgehead atoms. The minimum absolute atomic E-state index is 0.189. The topological polar surface area (TPSA) is 150 Å². The van der Waals surface area contributed by atoms with E-state index in [1.165, 1.54) is 9.80 Å². The summed E-state index contributed by atoms with van der Waals surface area (Å²) in [7, 11) is 0. The van der Waals surface area contributed by atoms with Gasteiger partial charge in [-0.15, -0.1) is 0 Å². The maximum absolute atomic E-state index is 15.4. The maximum atomic E-state index is 15.4. The van der Waals surface area contributed by atoms with Gasteiger partial charge in [-0.1, -0.05) is 179 Å². The molecule has 12 nitrogen and oxygen atoms in total. The number of anilines is 2. The first kappa shape index (κ1) is 62.7. The molecule has 0 radical (unpaired) electrons. The van der Waals surface area contributed by atoms with E-state index in [0.29, 0.717) is 99.7 Å². The largest absolute Gasteiger partial charge is 0.271 e. The van der Waals surface area contributed by atoms with Gasteiger partial charge in [-0.2, -0.15) is 0 Å². The Bertz CT molecular complexity index is 4610. The van der Waals surface area contributed by atoms with Crippen LogP contribution in [0.25, 0.3) is 86.2 Å². The highest BCUT2D eigenvalue weighted by Gasteiger charge is 2.44. The van der Waals surface area contributed by atoms with Gasteiger partial charge < -0.3 is 0 Å². The zero-order valence-corrected chi connectivity index (χ0v) is 56.6. The maximum Gasteiger partial charge on any atom is 0.266 e. The van der Waals surface area contributed by atoms with Crippen molar-refractivity contribution in [2.75, 3.05) is 9.80 Å². The fraction of sp³-hybridized carbons (Fsp3) is 0.357. The molecule has 0 N–H and O–H groups in total. The highest BCUT2D eigenvalue weighted by atomic mass is 16.2. The molecular weight excluding hydrogens is 1190 g/mol. The zero-order valence-electron chi connectivity index (χ0n) is 56.6. The lowest BCUT2D eigenvalue weighted by atomic mass is 9.81. The van der Waals surface area contributed by atoms with E-state index in [4.69, 9.17) is 0 Å². The molecule has 4 aliphatic heterocycles. The number of hydrogen-bond acceptors (Lipinski definition) is 8. The quantitative estimate of drug-likeness (QED) is 0.0251. The molecule has 4 aliphatic rings. The Kier molecular flexibility index (Phi) is 15.9. The molecule has 11 aromatic carbocycles. The molecule has 0 atom stereocenters. The van der Waals surface area contributed by atoms with Crippen LogP contribution in [0, 0.1) is 27.7 Å². The lowest BCUT2D eigenvalue weighted by molar-refractivity contribution is 0.0501. The third-order valence-corrected chi connectivity index (χ3v) is 22.6. The molecule has 15 rings (SSSR count). The number of nitrogens with zero attached hydrogens (tertiary/aromatic N) is 4. The zero-order chi connectivity index (χ0) is 66.9. The Hall–Kier alpha value is -9.42. The van der Waals surface area contributed by atoms with Crippen LogP contribution < -0.4 is 9.80 Å². The predicted octanol–water partition coefficient (Wildman–Crippen LogP) is 20.4. The van der Waals surface area contributed by atoms with Crippen LogP contribution in [0.3, 0.4) is 0 Å². The molecule has 0 spiro atoms. The molecular formula is C84H82N4O8. The van der Waals surface area contributed by atoms with Gasteiger partial charge in [0.2, 0.25) is 0 Å². The van der Waals surface area contributed by atoms with Crippen LogP contribution in [0.2, 0.25) is 0 Å². The fourth-order valence-corrected chi connectivity index (χ4v) is 17.6. The van der Waals surface area contributed by atoms with E-state index in [1.807, 2.05) is 100 Å². The number of carbonyl (C=O) groups excluding carboxylic acids is 8. The smallest absolute Gasteiger partial charge is 0.266 e. The van der Waals surface area contributed by atoms with Gasteiger partial charge in [-0.25, -0.2) is 9.80 Å². The summed E-state index contributed by atoms with van der Waals surface area (Å²) in [5, 5.41) is 12.0. The highest BCUT2D eigenvalue weighted by Crippen LogP contribution is 2.52. The lowest BCUT2D eigenvalue weighted by Gasteiger charge is -2.35. The van der Waals surface area contributed by atoms with Gasteiger partial charge >= 0.3 is 0 Å². The minimum Gasteiger partial charge on any atom is -0.271 e. The number of rotatable bonds is 24. The molecule has 12 heteroatoms. The van der Waals surface area contributed by atoms with Crippen LogP contribution in [0.15, 0.2) is 97.1 Å². The number of amides is 8. The van der Waals surface area contributed by atoms with E-state index in [0.717, 1.165) is 193 Å². The third kappa shape index (κ3) is 9.12. The van der Waals surface area contributed by atoms with E-state index < -0.39 is 23.6 Å². The molecule has 0 fully saturated rings. The molecule has 0 saturated carbocycles. The summed E-state index contributed by atoms with van der Waals surface area (Å²) in [6.45, 7) is 16.0. The predicted molar refractivity (Wildman–Crippen MR) is 387 cm³/mol. The van der Waals surface area contributed by atoms with Crippen molar-refractivity contribution < 1.29 is 38.4 Å². The molecule has 0 unspecified atom stereocenters. The Morgan fingerprint density at radius 2 is 0.427 bits per heavy atom. The summed E-state index contributed by atoms with van der Waals surface area (Å²) in [5.41, 5.74) is 6.45. The number of fused-ring (bicyclic) bond motifs is 4. The van der Waals surface area contributed by atoms with Crippen molar-refractivity contribution in [3.8, 4) is 0 Å². The van der Waals surface area contributed by atoms with Crippen molar-refractivity contribution in [1.82, 2.24) is 9.80 Å². The Morgan fingerprint density at radius 1 is 0.240 bits per heavy atom. The van der Waals surface area contributed by atoms with Crippen LogP contribution in [-0.2, 0) is 0 Å². The summed E-state index contributed by atoms with van der Waals surface area (Å²) >= 11 is 0. The van der Waals surface area contributed by atoms with E-state index in [1.54, 1.807) is 34.1 Å². The number of hydrogen-bond donors (Lipinski definition) is 0. The summed E-state index contributed by atoms with van der Waals surface area (Å²) in [6, 6.07) is 29.8. The number of carbonyl (C=O) groups is 8. The number of unbranched alkanes of at least 4 members (excludes halogenated alkanes) is 12. The first-order valence-electron chi connectivity index (χ1n) is 35.6. The van der Waals surface area contributed by atoms with Crippen molar-refractivity contribution in [3.63, 3.8) is 0 Å². The summed E-state index contributed by atoms with van der Waals surface area (Å²) < 4.78 is 0. The second-order valence-corrected chi connectivity index (χ2v) is 28.0. The SMILES string of the molecule is CCCCCCC(CCCCCC)N1C(=O)c2ccc3c4ccc5c6c(ccc(c7ccc(c2c37)C1=O)c64)C(=O)N(c1c(C)c(C)c(N2C(=O)c3ccc4c6ccc7c8c(ccc(c9ccc(c3c49)C2=O)c86)C(=O)N(C(CCCCCC)CCCCCC)C7=O)c(C)c1C)C5=O. The van der Waals surface area contributed by atoms with Gasteiger partial charge in [0.1, 0.15) is 0 Å². The average molecular weight is 1280 g/mol. The first-order chi connectivity index (χ1) is 46.6. The van der Waals surface area contributed by atoms with Crippen molar-refractivity contribution in [1.29, 1.82) is 0 Å². The van der Waals surface area contributed by atoms with Crippen molar-refractivity contribution >= 4 is 145 Å². The molecule has 0 saturated heterocycles. The summed E-state index contributed by atoms with van der Waals surface area (Å²) in [5.74, 6) is -3.03. The van der Waals surface area contributed by atoms with Crippen molar-refractivity contribution in [2.24, 2.45) is 0 Å². The lowest BCUT2D eigenvalue weighted by Crippen LogP contribution is -2.47. The molecule has 486 valence electrons. The summed E-state index contributed by atoms with van der Waals surface area (Å²) in [6.07, 6.45) is 20.0. The fourth-order valence-electron chi connectivity index (χ4n) is 17.6. The second-order valence-electron chi connectivity index (χ2n) is 28.0. The van der Waals surface area contributed by atoms with Gasteiger partial charge in [-0.05, 0) is 189 Å². The average Bonchev–Trinajstić information content (AvgIpc) is 0.698. The molecule has 0 aliphatic carbocycles. The minimum atomic E-state index is -0.504. The third-order valence-electron chi connectivity index (χ3n) is 22.6. The van der Waals surface area contributed by atoms with Gasteiger partial charge in [0.05, 0.1) is 11.4 Å². The first-order valence-corrected chi connectivity index (χ1v) is 35.6. The van der Waals surface area contributed by atoms with Crippen LogP contribution >= 0.6 is 0 Å². The van der Waals surface area contributed by atoms with Crippen LogP contribution in [-0.4, -0.2) is 69.1 Å². The van der Waals surface area contributed by atoms with E-state index in [-0.39, 0.29) is 35.7 Å². The Balaban J connectivity index is 0.765. The molecule has 11 aromatic rings. The Morgan fingerprint density at radius 3 is 0.615 bits per heavy atom. The number of benzene rings is 11. The van der Waals surface area contributed by atoms with Crippen molar-refractivity contribution in [3.05, 3.63) is 164 Å².